The van der Waals surface area contributed by atoms with Crippen molar-refractivity contribution in [2.45, 2.75) is 26.4 Å². The Morgan fingerprint density at radius 1 is 1.17 bits per heavy atom. The van der Waals surface area contributed by atoms with Gasteiger partial charge < -0.3 is 10.2 Å². The van der Waals surface area contributed by atoms with Crippen LogP contribution in [0.2, 0.25) is 0 Å². The smallest absolute Gasteiger partial charge is 0.282 e. The van der Waals surface area contributed by atoms with Crippen LogP contribution in [0.4, 0.5) is 10.1 Å². The number of quaternary nitrogens is 1. The Bertz CT molecular complexity index is 728. The number of anilines is 1. The lowest BCUT2D eigenvalue weighted by molar-refractivity contribution is -0.907. The van der Waals surface area contributed by atoms with Gasteiger partial charge in [0.25, 0.3) is 5.91 Å². The molecular weight excluding hydrogens is 307 g/mol. The number of carbonyl (C=O) groups excluding carboxylic acids is 2. The molecule has 0 spiro atoms. The highest BCUT2D eigenvalue weighted by Crippen LogP contribution is 2.10. The zero-order chi connectivity index (χ0) is 17.7. The molecule has 0 aliphatic heterocycles. The van der Waals surface area contributed by atoms with Crippen molar-refractivity contribution in [1.29, 1.82) is 0 Å². The zero-order valence-corrected chi connectivity index (χ0v) is 14.1. The van der Waals surface area contributed by atoms with Crippen molar-refractivity contribution >= 4 is 17.4 Å². The van der Waals surface area contributed by atoms with E-state index < -0.39 is 0 Å². The molecule has 2 atom stereocenters. The summed E-state index contributed by atoms with van der Waals surface area (Å²) in [5, 5.41) is 2.84. The van der Waals surface area contributed by atoms with E-state index in [1.807, 2.05) is 20.0 Å². The number of rotatable bonds is 6. The van der Waals surface area contributed by atoms with Gasteiger partial charge in [0.05, 0.1) is 7.05 Å². The van der Waals surface area contributed by atoms with Crippen molar-refractivity contribution in [1.82, 2.24) is 0 Å². The van der Waals surface area contributed by atoms with Gasteiger partial charge in [0.1, 0.15) is 12.4 Å². The summed E-state index contributed by atoms with van der Waals surface area (Å²) in [6.45, 7) is 3.88. The highest BCUT2D eigenvalue weighted by atomic mass is 19.1. The molecule has 0 heterocycles. The Hall–Kier alpha value is -2.53. The average molecular weight is 329 g/mol. The lowest BCUT2D eigenvalue weighted by Gasteiger charge is -2.21. The fourth-order valence-corrected chi connectivity index (χ4v) is 2.38. The molecule has 1 unspecified atom stereocenters. The molecule has 0 aromatic heterocycles. The second kappa shape index (κ2) is 7.84. The summed E-state index contributed by atoms with van der Waals surface area (Å²) < 4.78 is 13.2. The Morgan fingerprint density at radius 3 is 2.42 bits per heavy atom. The summed E-state index contributed by atoms with van der Waals surface area (Å²) in [6.07, 6.45) is 0. The summed E-state index contributed by atoms with van der Waals surface area (Å²) in [5.41, 5.74) is 2.10. The van der Waals surface area contributed by atoms with Crippen LogP contribution in [0.3, 0.4) is 0 Å². The van der Waals surface area contributed by atoms with Gasteiger partial charge in [-0.2, -0.15) is 0 Å². The fraction of sp³-hybridized carbons (Fsp3) is 0.263. The largest absolute Gasteiger partial charge is 0.324 e. The minimum absolute atomic E-state index is 0.0134. The molecule has 0 saturated carbocycles. The quantitative estimate of drug-likeness (QED) is 0.797. The molecule has 0 aliphatic rings. The number of likely N-dealkylation sites (N-methyl/N-ethyl adjacent to an activating group) is 1. The molecule has 1 amide bonds. The van der Waals surface area contributed by atoms with E-state index in [9.17, 15) is 14.0 Å². The number of Topliss-reactive ketones (excluding diaryl/α,β-unsaturated/α-hetero) is 1. The molecule has 0 saturated heterocycles. The number of nitrogens with one attached hydrogen (secondary N) is 2. The van der Waals surface area contributed by atoms with E-state index in [-0.39, 0.29) is 23.5 Å². The number of ketones is 1. The van der Waals surface area contributed by atoms with Crippen LogP contribution in [-0.2, 0) is 11.3 Å². The maximum atomic E-state index is 13.2. The highest BCUT2D eigenvalue weighted by Gasteiger charge is 2.22. The maximum absolute atomic E-state index is 13.2. The monoisotopic (exact) mass is 329 g/mol. The van der Waals surface area contributed by atoms with Gasteiger partial charge in [-0.05, 0) is 50.2 Å². The van der Waals surface area contributed by atoms with Crippen molar-refractivity contribution in [2.24, 2.45) is 0 Å². The predicted molar refractivity (Wildman–Crippen MR) is 91.5 cm³/mol. The van der Waals surface area contributed by atoms with E-state index >= 15 is 0 Å². The minimum atomic E-state index is -0.305. The third kappa shape index (κ3) is 4.73. The van der Waals surface area contributed by atoms with Crippen molar-refractivity contribution in [2.75, 3.05) is 12.4 Å². The van der Waals surface area contributed by atoms with Gasteiger partial charge >= 0.3 is 0 Å². The Kier molecular flexibility index (Phi) is 5.82. The normalized spacial score (nSPS) is 13.2. The average Bonchev–Trinajstić information content (AvgIpc) is 2.54. The van der Waals surface area contributed by atoms with Crippen LogP contribution in [0, 0.1) is 5.82 Å². The number of hydrogen-bond acceptors (Lipinski definition) is 2. The van der Waals surface area contributed by atoms with Gasteiger partial charge in [0.2, 0.25) is 0 Å². The van der Waals surface area contributed by atoms with Crippen molar-refractivity contribution in [3.05, 3.63) is 65.5 Å². The first-order chi connectivity index (χ1) is 11.4. The van der Waals surface area contributed by atoms with E-state index in [1.165, 1.54) is 19.1 Å². The lowest BCUT2D eigenvalue weighted by Crippen LogP contribution is -3.12. The van der Waals surface area contributed by atoms with Gasteiger partial charge in [0.15, 0.2) is 11.8 Å². The number of halogens is 1. The molecule has 0 aliphatic carbocycles. The topological polar surface area (TPSA) is 50.6 Å². The molecule has 2 aromatic rings. The van der Waals surface area contributed by atoms with Crippen LogP contribution in [0.1, 0.15) is 29.8 Å². The van der Waals surface area contributed by atoms with Crippen LogP contribution in [-0.4, -0.2) is 24.8 Å². The van der Waals surface area contributed by atoms with Crippen LogP contribution in [0.5, 0.6) is 0 Å². The van der Waals surface area contributed by atoms with E-state index in [0.717, 1.165) is 10.5 Å². The number of hydrogen-bond donors (Lipinski definition) is 2. The first-order valence-electron chi connectivity index (χ1n) is 7.85. The van der Waals surface area contributed by atoms with Gasteiger partial charge in [-0.15, -0.1) is 0 Å². The fourth-order valence-electron chi connectivity index (χ4n) is 2.38. The molecule has 2 N–H and O–H groups in total. The first kappa shape index (κ1) is 17.8. The summed E-state index contributed by atoms with van der Waals surface area (Å²) in [4.78, 5) is 24.6. The third-order valence-electron chi connectivity index (χ3n) is 4.06. The minimum Gasteiger partial charge on any atom is -0.324 e. The van der Waals surface area contributed by atoms with E-state index in [1.54, 1.807) is 30.3 Å². The Morgan fingerprint density at radius 2 is 1.83 bits per heavy atom. The molecule has 0 bridgehead atoms. The van der Waals surface area contributed by atoms with Crippen LogP contribution < -0.4 is 10.2 Å². The number of carbonyl (C=O) groups is 2. The van der Waals surface area contributed by atoms with E-state index in [2.05, 4.69) is 5.32 Å². The summed E-state index contributed by atoms with van der Waals surface area (Å²) in [6, 6.07) is 12.9. The number of amides is 1. The number of benzene rings is 2. The van der Waals surface area contributed by atoms with Crippen molar-refractivity contribution in [3.8, 4) is 0 Å². The van der Waals surface area contributed by atoms with Crippen LogP contribution in [0.15, 0.2) is 48.5 Å². The summed E-state index contributed by atoms with van der Waals surface area (Å²) >= 11 is 0. The zero-order valence-electron chi connectivity index (χ0n) is 14.1. The Balaban J connectivity index is 1.96. The molecule has 126 valence electrons. The van der Waals surface area contributed by atoms with Gasteiger partial charge in [-0.3, -0.25) is 9.59 Å². The highest BCUT2D eigenvalue weighted by molar-refractivity contribution is 5.96. The molecule has 2 rings (SSSR count). The lowest BCUT2D eigenvalue weighted by atomic mass is 10.1. The summed E-state index contributed by atoms with van der Waals surface area (Å²) in [7, 11) is 1.90. The molecule has 0 fully saturated rings. The second-order valence-electron chi connectivity index (χ2n) is 6.00. The first-order valence-corrected chi connectivity index (χ1v) is 7.85. The molecule has 0 radical (unpaired) electrons. The molecule has 2 aromatic carbocycles. The molecule has 24 heavy (non-hydrogen) atoms. The van der Waals surface area contributed by atoms with Gasteiger partial charge in [-0.25, -0.2) is 4.39 Å². The predicted octanol–water partition coefficient (Wildman–Crippen LogP) is 2.07. The maximum Gasteiger partial charge on any atom is 0.282 e. The molecule has 5 heteroatoms. The van der Waals surface area contributed by atoms with E-state index in [4.69, 9.17) is 0 Å². The second-order valence-corrected chi connectivity index (χ2v) is 6.00. The van der Waals surface area contributed by atoms with Gasteiger partial charge in [-0.1, -0.05) is 12.1 Å². The van der Waals surface area contributed by atoms with Crippen LogP contribution in [0.25, 0.3) is 0 Å². The summed E-state index contributed by atoms with van der Waals surface area (Å²) in [5.74, 6) is -0.414. The standard InChI is InChI=1S/C19H21FN2O2/c1-13(22(3)12-15-5-4-6-17(20)11-15)19(24)21-18-9-7-16(8-10-18)14(2)23/h4-11,13H,12H2,1-3H3,(H,21,24)/p+1/t13-/m1/s1. The van der Waals surface area contributed by atoms with E-state index in [0.29, 0.717) is 17.8 Å². The van der Waals surface area contributed by atoms with Crippen molar-refractivity contribution < 1.29 is 18.9 Å². The SMILES string of the molecule is CC(=O)c1ccc(NC(=O)[C@@H](C)[NH+](C)Cc2cccc(F)c2)cc1. The van der Waals surface area contributed by atoms with Crippen LogP contribution >= 0.6 is 0 Å². The van der Waals surface area contributed by atoms with Gasteiger partial charge in [0, 0.05) is 16.8 Å². The molecule has 4 nitrogen and oxygen atoms in total. The third-order valence-corrected chi connectivity index (χ3v) is 4.06. The molecular formula is C19H22FN2O2+. The van der Waals surface area contributed by atoms with Crippen molar-refractivity contribution in [3.63, 3.8) is 0 Å². The Labute approximate surface area is 141 Å².